The van der Waals surface area contributed by atoms with Crippen molar-refractivity contribution in [1.29, 1.82) is 0 Å². The lowest BCUT2D eigenvalue weighted by Gasteiger charge is -2.09. The quantitative estimate of drug-likeness (QED) is 0.457. The molecule has 28 heavy (non-hydrogen) atoms. The maximum atomic E-state index is 12.0. The van der Waals surface area contributed by atoms with Gasteiger partial charge < -0.3 is 16.8 Å². The summed E-state index contributed by atoms with van der Waals surface area (Å²) in [6, 6.07) is 3.67. The Labute approximate surface area is 171 Å². The van der Waals surface area contributed by atoms with Gasteiger partial charge in [0.15, 0.2) is 6.04 Å². The molecule has 0 atom stereocenters. The third-order valence-corrected chi connectivity index (χ3v) is 4.77. The lowest BCUT2D eigenvalue weighted by atomic mass is 10.1. The molecular weight excluding hydrogens is 405 g/mol. The van der Waals surface area contributed by atoms with Crippen LogP contribution in [0.1, 0.15) is 22.5 Å². The number of halogens is 2. The summed E-state index contributed by atoms with van der Waals surface area (Å²) < 4.78 is 1.72. The van der Waals surface area contributed by atoms with Crippen LogP contribution in [0.4, 0.5) is 0 Å². The van der Waals surface area contributed by atoms with Crippen LogP contribution in [0.25, 0.3) is 6.08 Å². The molecule has 0 saturated carbocycles. The number of aryl methyl sites for hydroxylation is 1. The number of amides is 3. The van der Waals surface area contributed by atoms with Crippen LogP contribution in [-0.4, -0.2) is 33.5 Å². The molecule has 2 rings (SSSR count). The molecule has 0 radical (unpaired) electrons. The largest absolute Gasteiger partial charge is 0.367 e. The molecule has 148 valence electrons. The summed E-state index contributed by atoms with van der Waals surface area (Å²) in [4.78, 5) is 34.2. The number of aromatic nitrogens is 2. The Morgan fingerprint density at radius 3 is 2.29 bits per heavy atom. The van der Waals surface area contributed by atoms with Crippen molar-refractivity contribution in [3.05, 3.63) is 56.8 Å². The Morgan fingerprint density at radius 1 is 1.18 bits per heavy atom. The third kappa shape index (κ3) is 4.90. The molecule has 1 aromatic heterocycles. The fourth-order valence-corrected chi connectivity index (χ4v) is 3.09. The van der Waals surface area contributed by atoms with Gasteiger partial charge in [-0.1, -0.05) is 29.3 Å². The van der Waals surface area contributed by atoms with Crippen molar-refractivity contribution in [2.45, 2.75) is 26.4 Å². The normalized spacial score (nSPS) is 11.2. The Hall–Kier alpha value is -2.84. The number of carbonyl (C=O) groups is 3. The second-order valence-electron chi connectivity index (χ2n) is 6.02. The standard InChI is InChI=1S/C18H19Cl2N5O3/c1-9-11(6-7-15(26)23-16(17(21)27)18(22)28)10(2)25(24-9)8-12-13(19)4-3-5-14(12)20/h3-7,16H,8H2,1-2H3,(H2,21,27)(H2,22,28)(H,23,26)/b7-6+. The minimum Gasteiger partial charge on any atom is -0.367 e. The second kappa shape index (κ2) is 8.90. The van der Waals surface area contributed by atoms with Gasteiger partial charge in [-0.25, -0.2) is 0 Å². The monoisotopic (exact) mass is 423 g/mol. The van der Waals surface area contributed by atoms with Crippen molar-refractivity contribution in [2.24, 2.45) is 11.5 Å². The summed E-state index contributed by atoms with van der Waals surface area (Å²) in [5.74, 6) is -2.76. The number of nitrogens with zero attached hydrogens (tertiary/aromatic N) is 2. The molecule has 0 fully saturated rings. The van der Waals surface area contributed by atoms with E-state index < -0.39 is 23.8 Å². The predicted molar refractivity (Wildman–Crippen MR) is 107 cm³/mol. The molecule has 3 amide bonds. The zero-order valence-electron chi connectivity index (χ0n) is 15.2. The predicted octanol–water partition coefficient (Wildman–Crippen LogP) is 1.32. The number of hydrogen-bond donors (Lipinski definition) is 3. The summed E-state index contributed by atoms with van der Waals surface area (Å²) in [7, 11) is 0. The Bertz CT molecular complexity index is 934. The molecular formula is C18H19Cl2N5O3. The molecule has 1 heterocycles. The molecule has 0 unspecified atom stereocenters. The summed E-state index contributed by atoms with van der Waals surface area (Å²) >= 11 is 12.4. The highest BCUT2D eigenvalue weighted by Gasteiger charge is 2.22. The molecule has 1 aromatic carbocycles. The maximum absolute atomic E-state index is 12.0. The van der Waals surface area contributed by atoms with Crippen LogP contribution in [0.2, 0.25) is 10.0 Å². The third-order valence-electron chi connectivity index (χ3n) is 4.06. The first-order chi connectivity index (χ1) is 13.1. The number of benzene rings is 1. The highest BCUT2D eigenvalue weighted by molar-refractivity contribution is 6.36. The van der Waals surface area contributed by atoms with E-state index in [1.807, 2.05) is 6.92 Å². The summed E-state index contributed by atoms with van der Waals surface area (Å²) in [6.07, 6.45) is 2.69. The van der Waals surface area contributed by atoms with Gasteiger partial charge in [-0.3, -0.25) is 19.1 Å². The van der Waals surface area contributed by atoms with E-state index in [2.05, 4.69) is 10.4 Å². The molecule has 0 aliphatic carbocycles. The van der Waals surface area contributed by atoms with Crippen molar-refractivity contribution in [3.8, 4) is 0 Å². The van der Waals surface area contributed by atoms with Crippen LogP contribution >= 0.6 is 23.2 Å². The van der Waals surface area contributed by atoms with Crippen LogP contribution in [0.15, 0.2) is 24.3 Å². The number of rotatable bonds is 7. The number of primary amides is 2. The van der Waals surface area contributed by atoms with Crippen LogP contribution in [0.5, 0.6) is 0 Å². The summed E-state index contributed by atoms with van der Waals surface area (Å²) in [5, 5.41) is 7.66. The van der Waals surface area contributed by atoms with Gasteiger partial charge >= 0.3 is 0 Å². The first kappa shape index (κ1) is 21.5. The van der Waals surface area contributed by atoms with E-state index >= 15 is 0 Å². The van der Waals surface area contributed by atoms with Gasteiger partial charge in [0.25, 0.3) is 0 Å². The highest BCUT2D eigenvalue weighted by Crippen LogP contribution is 2.26. The van der Waals surface area contributed by atoms with Crippen molar-refractivity contribution in [2.75, 3.05) is 0 Å². The van der Waals surface area contributed by atoms with Gasteiger partial charge in [0.1, 0.15) is 0 Å². The Balaban J connectivity index is 2.22. The summed E-state index contributed by atoms with van der Waals surface area (Å²) in [5.41, 5.74) is 12.9. The van der Waals surface area contributed by atoms with E-state index in [1.165, 1.54) is 12.2 Å². The van der Waals surface area contributed by atoms with Gasteiger partial charge in [-0.2, -0.15) is 5.10 Å². The minimum absolute atomic E-state index is 0.358. The number of hydrogen-bond acceptors (Lipinski definition) is 4. The number of nitrogens with one attached hydrogen (secondary N) is 1. The van der Waals surface area contributed by atoms with E-state index in [-0.39, 0.29) is 0 Å². The fraction of sp³-hybridized carbons (Fsp3) is 0.222. The number of carbonyl (C=O) groups excluding carboxylic acids is 3. The van der Waals surface area contributed by atoms with Crippen LogP contribution < -0.4 is 16.8 Å². The van der Waals surface area contributed by atoms with E-state index in [0.717, 1.165) is 11.3 Å². The second-order valence-corrected chi connectivity index (χ2v) is 6.84. The van der Waals surface area contributed by atoms with Gasteiger partial charge in [-0.15, -0.1) is 0 Å². The average Bonchev–Trinajstić information content (AvgIpc) is 2.87. The van der Waals surface area contributed by atoms with Gasteiger partial charge in [-0.05, 0) is 32.1 Å². The molecule has 2 aromatic rings. The Kier molecular flexibility index (Phi) is 6.82. The minimum atomic E-state index is -1.58. The molecule has 0 bridgehead atoms. The SMILES string of the molecule is Cc1nn(Cc2c(Cl)cccc2Cl)c(C)c1/C=C/C(=O)NC(C(N)=O)C(N)=O. The molecule has 5 N–H and O–H groups in total. The number of nitrogens with two attached hydrogens (primary N) is 2. The van der Waals surface area contributed by atoms with E-state index in [9.17, 15) is 14.4 Å². The van der Waals surface area contributed by atoms with Crippen LogP contribution in [0.3, 0.4) is 0 Å². The van der Waals surface area contributed by atoms with Crippen molar-refractivity contribution >= 4 is 47.0 Å². The van der Waals surface area contributed by atoms with Crippen LogP contribution in [0, 0.1) is 13.8 Å². The topological polar surface area (TPSA) is 133 Å². The lowest BCUT2D eigenvalue weighted by Crippen LogP contribution is -2.52. The molecule has 8 nitrogen and oxygen atoms in total. The van der Waals surface area contributed by atoms with Crippen molar-refractivity contribution in [3.63, 3.8) is 0 Å². The zero-order chi connectivity index (χ0) is 21.0. The molecule has 0 aliphatic heterocycles. The lowest BCUT2D eigenvalue weighted by molar-refractivity contribution is -0.132. The van der Waals surface area contributed by atoms with Gasteiger partial charge in [0, 0.05) is 32.9 Å². The van der Waals surface area contributed by atoms with Crippen LogP contribution in [-0.2, 0) is 20.9 Å². The first-order valence-electron chi connectivity index (χ1n) is 8.16. The Morgan fingerprint density at radius 2 is 1.75 bits per heavy atom. The first-order valence-corrected chi connectivity index (χ1v) is 8.91. The average molecular weight is 424 g/mol. The molecule has 0 saturated heterocycles. The highest BCUT2D eigenvalue weighted by atomic mass is 35.5. The van der Waals surface area contributed by atoms with Gasteiger partial charge in [0.05, 0.1) is 12.2 Å². The van der Waals surface area contributed by atoms with E-state index in [4.69, 9.17) is 34.7 Å². The molecule has 10 heteroatoms. The van der Waals surface area contributed by atoms with E-state index in [0.29, 0.717) is 27.8 Å². The van der Waals surface area contributed by atoms with Gasteiger partial charge in [0.2, 0.25) is 17.7 Å². The molecule has 0 aliphatic rings. The zero-order valence-corrected chi connectivity index (χ0v) is 16.7. The maximum Gasteiger partial charge on any atom is 0.249 e. The summed E-state index contributed by atoms with van der Waals surface area (Å²) in [6.45, 7) is 3.97. The van der Waals surface area contributed by atoms with Crippen molar-refractivity contribution in [1.82, 2.24) is 15.1 Å². The fourth-order valence-electron chi connectivity index (χ4n) is 2.57. The van der Waals surface area contributed by atoms with Crippen molar-refractivity contribution < 1.29 is 14.4 Å². The van der Waals surface area contributed by atoms with E-state index in [1.54, 1.807) is 29.8 Å². The smallest absolute Gasteiger partial charge is 0.249 e. The molecule has 0 spiro atoms.